The number of para-hydroxylation sites is 2. The van der Waals surface area contributed by atoms with Gasteiger partial charge in [0, 0.05) is 19.6 Å². The normalized spacial score (nSPS) is 15.5. The van der Waals surface area contributed by atoms with Gasteiger partial charge in [0.15, 0.2) is 0 Å². The Balaban J connectivity index is 1.76. The Hall–Kier alpha value is -2.57. The van der Waals surface area contributed by atoms with E-state index in [2.05, 4.69) is 5.10 Å². The fourth-order valence-corrected chi connectivity index (χ4v) is 3.56. The SMILES string of the molecule is CCn1c2ccccc2n2c(=O)n(CC(=O)N3CCCCC3)nc12. The lowest BCUT2D eigenvalue weighted by atomic mass is 10.1. The third-order valence-corrected chi connectivity index (χ3v) is 4.79. The van der Waals surface area contributed by atoms with Gasteiger partial charge in [-0.2, -0.15) is 0 Å². The summed E-state index contributed by atoms with van der Waals surface area (Å²) < 4.78 is 4.89. The van der Waals surface area contributed by atoms with E-state index in [0.29, 0.717) is 12.3 Å². The van der Waals surface area contributed by atoms with Crippen LogP contribution in [-0.4, -0.2) is 42.6 Å². The monoisotopic (exact) mass is 327 g/mol. The average Bonchev–Trinajstić information content (AvgIpc) is 3.10. The molecule has 4 rings (SSSR count). The van der Waals surface area contributed by atoms with Crippen LogP contribution >= 0.6 is 0 Å². The number of hydrogen-bond acceptors (Lipinski definition) is 3. The Morgan fingerprint density at radius 3 is 2.54 bits per heavy atom. The summed E-state index contributed by atoms with van der Waals surface area (Å²) in [5, 5.41) is 4.44. The second kappa shape index (κ2) is 5.81. The molecule has 0 aliphatic carbocycles. The second-order valence-electron chi connectivity index (χ2n) is 6.25. The molecule has 7 nitrogen and oxygen atoms in total. The highest BCUT2D eigenvalue weighted by molar-refractivity contribution is 5.81. The summed E-state index contributed by atoms with van der Waals surface area (Å²) in [6, 6.07) is 7.75. The van der Waals surface area contributed by atoms with Crippen LogP contribution in [0.1, 0.15) is 26.2 Å². The number of hydrogen-bond donors (Lipinski definition) is 0. The summed E-state index contributed by atoms with van der Waals surface area (Å²) in [6.45, 7) is 4.32. The maximum Gasteiger partial charge on any atom is 0.352 e. The molecule has 0 unspecified atom stereocenters. The number of carbonyl (C=O) groups excluding carboxylic acids is 1. The number of rotatable bonds is 3. The number of amides is 1. The van der Waals surface area contributed by atoms with Crippen molar-refractivity contribution < 1.29 is 4.79 Å². The summed E-state index contributed by atoms with van der Waals surface area (Å²) in [4.78, 5) is 27.1. The van der Waals surface area contributed by atoms with Crippen LogP contribution in [0, 0.1) is 0 Å². The van der Waals surface area contributed by atoms with Gasteiger partial charge in [0.05, 0.1) is 11.0 Å². The van der Waals surface area contributed by atoms with Crippen LogP contribution in [0.15, 0.2) is 29.1 Å². The van der Waals surface area contributed by atoms with E-state index in [-0.39, 0.29) is 18.1 Å². The number of nitrogens with zero attached hydrogens (tertiary/aromatic N) is 5. The molecule has 1 amide bonds. The molecule has 1 aliphatic rings. The highest BCUT2D eigenvalue weighted by Crippen LogP contribution is 2.18. The highest BCUT2D eigenvalue weighted by atomic mass is 16.2. The zero-order chi connectivity index (χ0) is 16.7. The van der Waals surface area contributed by atoms with Crippen LogP contribution < -0.4 is 5.69 Å². The van der Waals surface area contributed by atoms with Gasteiger partial charge >= 0.3 is 5.69 Å². The van der Waals surface area contributed by atoms with Crippen molar-refractivity contribution in [2.24, 2.45) is 0 Å². The van der Waals surface area contributed by atoms with Crippen LogP contribution in [-0.2, 0) is 17.9 Å². The summed E-state index contributed by atoms with van der Waals surface area (Å²) >= 11 is 0. The topological polar surface area (TPSA) is 64.5 Å². The number of imidazole rings is 1. The number of benzene rings is 1. The molecule has 0 radical (unpaired) electrons. The van der Waals surface area contributed by atoms with Crippen LogP contribution in [0.25, 0.3) is 16.8 Å². The molecule has 126 valence electrons. The molecule has 0 spiro atoms. The first-order valence-corrected chi connectivity index (χ1v) is 8.55. The minimum atomic E-state index is -0.251. The third-order valence-electron chi connectivity index (χ3n) is 4.79. The average molecular weight is 327 g/mol. The van der Waals surface area contributed by atoms with Crippen LogP contribution in [0.4, 0.5) is 0 Å². The molecule has 7 heteroatoms. The Morgan fingerprint density at radius 1 is 1.12 bits per heavy atom. The van der Waals surface area contributed by atoms with E-state index in [9.17, 15) is 9.59 Å². The van der Waals surface area contributed by atoms with Crippen molar-refractivity contribution in [3.8, 4) is 0 Å². The molecular formula is C17H21N5O2. The molecule has 1 aromatic carbocycles. The van der Waals surface area contributed by atoms with Gasteiger partial charge < -0.3 is 9.47 Å². The van der Waals surface area contributed by atoms with Crippen LogP contribution in [0.5, 0.6) is 0 Å². The lowest BCUT2D eigenvalue weighted by Gasteiger charge is -2.26. The van der Waals surface area contributed by atoms with Crippen molar-refractivity contribution in [3.63, 3.8) is 0 Å². The van der Waals surface area contributed by atoms with E-state index < -0.39 is 0 Å². The molecule has 24 heavy (non-hydrogen) atoms. The minimum Gasteiger partial charge on any atom is -0.341 e. The lowest BCUT2D eigenvalue weighted by Crippen LogP contribution is -2.39. The van der Waals surface area contributed by atoms with E-state index in [4.69, 9.17) is 0 Å². The fraction of sp³-hybridized carbons (Fsp3) is 0.471. The van der Waals surface area contributed by atoms with Gasteiger partial charge in [-0.05, 0) is 38.3 Å². The van der Waals surface area contributed by atoms with Gasteiger partial charge in [-0.3, -0.25) is 4.79 Å². The number of piperidine rings is 1. The fourth-order valence-electron chi connectivity index (χ4n) is 3.56. The number of carbonyl (C=O) groups is 1. The smallest absolute Gasteiger partial charge is 0.341 e. The molecule has 1 fully saturated rings. The Kier molecular flexibility index (Phi) is 3.63. The van der Waals surface area contributed by atoms with E-state index in [1.54, 1.807) is 4.40 Å². The Labute approximate surface area is 139 Å². The molecular weight excluding hydrogens is 306 g/mol. The quantitative estimate of drug-likeness (QED) is 0.732. The molecule has 0 N–H and O–H groups in total. The standard InChI is InChI=1S/C17H21N5O2/c1-2-20-13-8-4-5-9-14(13)22-16(20)18-21(17(22)24)12-15(23)19-10-6-3-7-11-19/h4-5,8-9H,2-3,6-7,10-12H2,1H3. The first-order chi connectivity index (χ1) is 11.7. The van der Waals surface area contributed by atoms with Gasteiger partial charge in [-0.25, -0.2) is 13.9 Å². The third kappa shape index (κ3) is 2.23. The van der Waals surface area contributed by atoms with Crippen LogP contribution in [0.3, 0.4) is 0 Å². The summed E-state index contributed by atoms with van der Waals surface area (Å²) in [5.41, 5.74) is 1.56. The van der Waals surface area contributed by atoms with E-state index in [1.165, 1.54) is 11.1 Å². The van der Waals surface area contributed by atoms with Crippen molar-refractivity contribution in [2.45, 2.75) is 39.3 Å². The van der Waals surface area contributed by atoms with Gasteiger partial charge in [-0.1, -0.05) is 12.1 Å². The second-order valence-corrected chi connectivity index (χ2v) is 6.25. The van der Waals surface area contributed by atoms with Gasteiger partial charge in [0.1, 0.15) is 6.54 Å². The first kappa shape index (κ1) is 15.0. The summed E-state index contributed by atoms with van der Waals surface area (Å²) in [6.07, 6.45) is 3.25. The number of aromatic nitrogens is 4. The van der Waals surface area contributed by atoms with Crippen molar-refractivity contribution >= 4 is 22.7 Å². The maximum absolute atomic E-state index is 12.8. The number of fused-ring (bicyclic) bond motifs is 3. The number of aryl methyl sites for hydroxylation is 1. The molecule has 3 aromatic rings. The van der Waals surface area contributed by atoms with E-state index >= 15 is 0 Å². The first-order valence-electron chi connectivity index (χ1n) is 8.55. The molecule has 3 heterocycles. The molecule has 0 bridgehead atoms. The van der Waals surface area contributed by atoms with Crippen molar-refractivity contribution in [3.05, 3.63) is 34.7 Å². The largest absolute Gasteiger partial charge is 0.352 e. The van der Waals surface area contributed by atoms with Gasteiger partial charge in [-0.15, -0.1) is 5.10 Å². The van der Waals surface area contributed by atoms with Gasteiger partial charge in [0.2, 0.25) is 11.7 Å². The maximum atomic E-state index is 12.8. The minimum absolute atomic E-state index is 0.0125. The lowest BCUT2D eigenvalue weighted by molar-refractivity contribution is -0.132. The molecule has 2 aromatic heterocycles. The molecule has 1 saturated heterocycles. The molecule has 0 atom stereocenters. The zero-order valence-electron chi connectivity index (χ0n) is 13.8. The van der Waals surface area contributed by atoms with Crippen molar-refractivity contribution in [2.75, 3.05) is 13.1 Å². The zero-order valence-corrected chi connectivity index (χ0v) is 13.8. The predicted molar refractivity (Wildman–Crippen MR) is 91.1 cm³/mol. The number of likely N-dealkylation sites (tertiary alicyclic amines) is 1. The molecule has 0 saturated carbocycles. The molecule has 1 aliphatic heterocycles. The highest BCUT2D eigenvalue weighted by Gasteiger charge is 2.21. The summed E-state index contributed by atoms with van der Waals surface area (Å²) in [7, 11) is 0. The van der Waals surface area contributed by atoms with Crippen molar-refractivity contribution in [1.29, 1.82) is 0 Å². The Bertz CT molecular complexity index is 959. The summed E-state index contributed by atoms with van der Waals surface area (Å²) in [5.74, 6) is 0.569. The van der Waals surface area contributed by atoms with E-state index in [1.807, 2.05) is 40.7 Å². The van der Waals surface area contributed by atoms with Crippen LogP contribution in [0.2, 0.25) is 0 Å². The van der Waals surface area contributed by atoms with E-state index in [0.717, 1.165) is 37.0 Å². The van der Waals surface area contributed by atoms with Crippen molar-refractivity contribution in [1.82, 2.24) is 23.6 Å². The van der Waals surface area contributed by atoms with Gasteiger partial charge in [0.25, 0.3) is 0 Å². The predicted octanol–water partition coefficient (Wildman–Crippen LogP) is 1.48. The Morgan fingerprint density at radius 2 is 1.83 bits per heavy atom.